The van der Waals surface area contributed by atoms with Gasteiger partial charge in [0, 0.05) is 0 Å². The van der Waals surface area contributed by atoms with E-state index in [9.17, 15) is 12.8 Å². The zero-order chi connectivity index (χ0) is 19.3. The summed E-state index contributed by atoms with van der Waals surface area (Å²) >= 11 is 0. The Bertz CT molecular complexity index is 1050. The summed E-state index contributed by atoms with van der Waals surface area (Å²) in [7, 11) is -3.77. The van der Waals surface area contributed by atoms with E-state index in [1.54, 1.807) is 36.4 Å². The summed E-state index contributed by atoms with van der Waals surface area (Å²) < 4.78 is 43.8. The minimum absolute atomic E-state index is 0.0199. The van der Waals surface area contributed by atoms with Crippen LogP contribution in [0.5, 0.6) is 11.5 Å². The molecule has 0 spiro atoms. The average Bonchev–Trinajstić information content (AvgIpc) is 2.65. The molecule has 3 aromatic carbocycles. The molecule has 3 rings (SSSR count). The maximum absolute atomic E-state index is 13.9. The van der Waals surface area contributed by atoms with Crippen molar-refractivity contribution in [1.82, 2.24) is 4.83 Å². The summed E-state index contributed by atoms with van der Waals surface area (Å²) in [4.78, 5) is 2.24. The van der Waals surface area contributed by atoms with Crippen LogP contribution in [0.25, 0.3) is 0 Å². The fourth-order valence-electron chi connectivity index (χ4n) is 2.23. The first-order valence-electron chi connectivity index (χ1n) is 8.08. The van der Waals surface area contributed by atoms with Crippen LogP contribution in [0.1, 0.15) is 11.1 Å². The minimum Gasteiger partial charge on any atom is -0.454 e. The van der Waals surface area contributed by atoms with E-state index < -0.39 is 15.8 Å². The van der Waals surface area contributed by atoms with Crippen LogP contribution in [0.3, 0.4) is 0 Å². The van der Waals surface area contributed by atoms with Crippen LogP contribution in [-0.2, 0) is 10.0 Å². The minimum atomic E-state index is -3.77. The summed E-state index contributed by atoms with van der Waals surface area (Å²) in [6, 6.07) is 19.3. The molecule has 0 saturated carbocycles. The maximum Gasteiger partial charge on any atom is 0.276 e. The molecule has 5 nitrogen and oxygen atoms in total. The molecule has 27 heavy (non-hydrogen) atoms. The molecule has 0 radical (unpaired) electrons. The molecule has 0 fully saturated rings. The van der Waals surface area contributed by atoms with E-state index in [-0.39, 0.29) is 10.6 Å². The van der Waals surface area contributed by atoms with E-state index in [1.165, 1.54) is 36.5 Å². The Morgan fingerprint density at radius 2 is 1.70 bits per heavy atom. The first-order chi connectivity index (χ1) is 12.9. The number of hydrogen-bond donors (Lipinski definition) is 1. The molecule has 3 aromatic rings. The fourth-order valence-corrected chi connectivity index (χ4v) is 3.03. The van der Waals surface area contributed by atoms with E-state index >= 15 is 0 Å². The summed E-state index contributed by atoms with van der Waals surface area (Å²) in [6.45, 7) is 1.87. The average molecular weight is 384 g/mol. The number of aryl methyl sites for hydroxylation is 1. The van der Waals surface area contributed by atoms with Crippen molar-refractivity contribution in [2.75, 3.05) is 0 Å². The highest BCUT2D eigenvalue weighted by Gasteiger charge is 2.12. The lowest BCUT2D eigenvalue weighted by molar-refractivity contribution is 0.442. The summed E-state index contributed by atoms with van der Waals surface area (Å²) in [5.41, 5.74) is 1.43. The molecule has 0 aliphatic carbocycles. The number of hydrogen-bond acceptors (Lipinski definition) is 4. The molecule has 7 heteroatoms. The third kappa shape index (κ3) is 4.92. The van der Waals surface area contributed by atoms with Crippen molar-refractivity contribution in [2.24, 2.45) is 5.10 Å². The smallest absolute Gasteiger partial charge is 0.276 e. The van der Waals surface area contributed by atoms with Crippen LogP contribution in [0, 0.1) is 12.7 Å². The van der Waals surface area contributed by atoms with E-state index in [4.69, 9.17) is 4.74 Å². The second-order valence-corrected chi connectivity index (χ2v) is 7.43. The van der Waals surface area contributed by atoms with Crippen molar-refractivity contribution < 1.29 is 17.5 Å². The Balaban J connectivity index is 1.73. The van der Waals surface area contributed by atoms with Crippen molar-refractivity contribution in [3.8, 4) is 11.5 Å². The highest BCUT2D eigenvalue weighted by molar-refractivity contribution is 7.89. The van der Waals surface area contributed by atoms with Gasteiger partial charge in [0.15, 0.2) is 11.6 Å². The summed E-state index contributed by atoms with van der Waals surface area (Å²) in [5.74, 6) is -0.0201. The van der Waals surface area contributed by atoms with E-state index in [0.29, 0.717) is 11.3 Å². The third-order valence-corrected chi connectivity index (χ3v) is 4.88. The Hall–Kier alpha value is -3.19. The highest BCUT2D eigenvalue weighted by atomic mass is 32.2. The fraction of sp³-hybridized carbons (Fsp3) is 0.0500. The lowest BCUT2D eigenvalue weighted by atomic mass is 10.2. The van der Waals surface area contributed by atoms with E-state index in [1.807, 2.05) is 13.0 Å². The number of nitrogens with zero attached hydrogens (tertiary/aromatic N) is 1. The van der Waals surface area contributed by atoms with E-state index in [2.05, 4.69) is 9.93 Å². The van der Waals surface area contributed by atoms with Gasteiger partial charge in [0.25, 0.3) is 10.0 Å². The van der Waals surface area contributed by atoms with Gasteiger partial charge in [-0.15, -0.1) is 0 Å². The van der Waals surface area contributed by atoms with Gasteiger partial charge in [-0.3, -0.25) is 0 Å². The Morgan fingerprint density at radius 3 is 2.41 bits per heavy atom. The second kappa shape index (κ2) is 8.01. The summed E-state index contributed by atoms with van der Waals surface area (Å²) in [5, 5.41) is 3.75. The SMILES string of the molecule is Cc1ccc(S(=O)(=O)NN=Cc2ccc(F)c(Oc3ccccc3)c2)cc1. The quantitative estimate of drug-likeness (QED) is 0.511. The van der Waals surface area contributed by atoms with Gasteiger partial charge in [-0.1, -0.05) is 42.0 Å². The van der Waals surface area contributed by atoms with Gasteiger partial charge in [-0.25, -0.2) is 9.22 Å². The van der Waals surface area contributed by atoms with E-state index in [0.717, 1.165) is 5.56 Å². The van der Waals surface area contributed by atoms with Crippen molar-refractivity contribution in [2.45, 2.75) is 11.8 Å². The third-order valence-electron chi connectivity index (χ3n) is 3.64. The number of para-hydroxylation sites is 1. The number of sulfonamides is 1. The molecule has 0 amide bonds. The van der Waals surface area contributed by atoms with Crippen LogP contribution in [0.15, 0.2) is 82.8 Å². The second-order valence-electron chi connectivity index (χ2n) is 5.77. The van der Waals surface area contributed by atoms with Crippen molar-refractivity contribution in [3.63, 3.8) is 0 Å². The number of rotatable bonds is 6. The molecule has 0 aromatic heterocycles. The van der Waals surface area contributed by atoms with Crippen LogP contribution in [-0.4, -0.2) is 14.6 Å². The predicted octanol–water partition coefficient (Wildman–Crippen LogP) is 4.24. The van der Waals surface area contributed by atoms with Crippen LogP contribution < -0.4 is 9.57 Å². The summed E-state index contributed by atoms with van der Waals surface area (Å²) in [6.07, 6.45) is 1.28. The standard InChI is InChI=1S/C20H17FN2O3S/c1-15-7-10-18(11-8-15)27(24,25)23-22-14-16-9-12-19(21)20(13-16)26-17-5-3-2-4-6-17/h2-14,23H,1H3. The number of ether oxygens (including phenoxy) is 1. The van der Waals surface area contributed by atoms with Crippen LogP contribution >= 0.6 is 0 Å². The zero-order valence-electron chi connectivity index (χ0n) is 14.5. The topological polar surface area (TPSA) is 67.8 Å². The molecule has 0 bridgehead atoms. The van der Waals surface area contributed by atoms with Gasteiger partial charge in [0.05, 0.1) is 11.1 Å². The lowest BCUT2D eigenvalue weighted by Crippen LogP contribution is -2.18. The van der Waals surface area contributed by atoms with Gasteiger partial charge >= 0.3 is 0 Å². The van der Waals surface area contributed by atoms with Crippen molar-refractivity contribution >= 4 is 16.2 Å². The number of nitrogens with one attached hydrogen (secondary N) is 1. The molecule has 0 aliphatic rings. The van der Waals surface area contributed by atoms with Crippen molar-refractivity contribution in [3.05, 3.63) is 89.7 Å². The Morgan fingerprint density at radius 1 is 1.00 bits per heavy atom. The molecule has 0 atom stereocenters. The molecule has 0 heterocycles. The van der Waals surface area contributed by atoms with Crippen LogP contribution in [0.4, 0.5) is 4.39 Å². The van der Waals surface area contributed by atoms with Gasteiger partial charge in [-0.2, -0.15) is 13.5 Å². The molecule has 0 unspecified atom stereocenters. The number of halogens is 1. The maximum atomic E-state index is 13.9. The molecule has 0 saturated heterocycles. The van der Waals surface area contributed by atoms with Crippen LogP contribution in [0.2, 0.25) is 0 Å². The van der Waals surface area contributed by atoms with Gasteiger partial charge in [0.2, 0.25) is 0 Å². The lowest BCUT2D eigenvalue weighted by Gasteiger charge is -2.07. The monoisotopic (exact) mass is 384 g/mol. The predicted molar refractivity (Wildman–Crippen MR) is 102 cm³/mol. The molecule has 1 N–H and O–H groups in total. The first-order valence-corrected chi connectivity index (χ1v) is 9.56. The normalized spacial score (nSPS) is 11.5. The molecular weight excluding hydrogens is 367 g/mol. The van der Waals surface area contributed by atoms with Gasteiger partial charge in [-0.05, 0) is 48.9 Å². The molecule has 0 aliphatic heterocycles. The number of hydrazone groups is 1. The molecular formula is C20H17FN2O3S. The van der Waals surface area contributed by atoms with Gasteiger partial charge < -0.3 is 4.74 Å². The largest absolute Gasteiger partial charge is 0.454 e. The number of benzene rings is 3. The first kappa shape index (κ1) is 18.6. The van der Waals surface area contributed by atoms with Crippen molar-refractivity contribution in [1.29, 1.82) is 0 Å². The Kier molecular flexibility index (Phi) is 5.52. The zero-order valence-corrected chi connectivity index (χ0v) is 15.3. The highest BCUT2D eigenvalue weighted by Crippen LogP contribution is 2.24. The van der Waals surface area contributed by atoms with Gasteiger partial charge in [0.1, 0.15) is 5.75 Å². The molecule has 138 valence electrons. The Labute approximate surface area is 157 Å².